The van der Waals surface area contributed by atoms with Gasteiger partial charge in [-0.15, -0.1) is 0 Å². The van der Waals surface area contributed by atoms with Crippen molar-refractivity contribution in [2.75, 3.05) is 0 Å². The maximum atomic E-state index is 8.68. The second-order valence-corrected chi connectivity index (χ2v) is 15.8. The average molecular weight is 848 g/mol. The number of para-hydroxylation sites is 3. The standard InChI is InChI=1S/C43H27N3.C13H8BrN.2H2/c1-44-33-21-15-29(16-22-33)30-17-23-35(24-18-30)46-40-13-7-5-11-36(40)38-25-19-32(28-43(38)46)31-20-26-42-39(27-31)37-12-6-8-14-41(37)45(42)34-9-3-2-4-10-34;14-13-7-5-12(6-8-13)11-3-1-10(9-15)2-4-11;;/h2-28H;1-8H;2*1H. The number of benzene rings is 9. The molecule has 5 heteroatoms. The van der Waals surface area contributed by atoms with E-state index in [-0.39, 0.29) is 2.85 Å². The predicted molar refractivity (Wildman–Crippen MR) is 261 cm³/mol. The van der Waals surface area contributed by atoms with Gasteiger partial charge in [0.2, 0.25) is 0 Å². The number of aromatic nitrogens is 2. The zero-order valence-electron chi connectivity index (χ0n) is 32.9. The number of rotatable bonds is 5. The lowest BCUT2D eigenvalue weighted by atomic mass is 10.0. The maximum absolute atomic E-state index is 8.68. The molecule has 0 atom stereocenters. The first-order chi connectivity index (χ1) is 30.1. The van der Waals surface area contributed by atoms with Crippen LogP contribution in [0.15, 0.2) is 217 Å². The highest BCUT2D eigenvalue weighted by molar-refractivity contribution is 9.10. The van der Waals surface area contributed by atoms with Crippen LogP contribution in [0, 0.1) is 17.9 Å². The number of nitriles is 1. The van der Waals surface area contributed by atoms with Gasteiger partial charge in [-0.25, -0.2) is 4.85 Å². The van der Waals surface area contributed by atoms with E-state index in [0.29, 0.717) is 11.3 Å². The van der Waals surface area contributed by atoms with Gasteiger partial charge >= 0.3 is 0 Å². The first kappa shape index (κ1) is 37.3. The number of hydrogen-bond donors (Lipinski definition) is 0. The van der Waals surface area contributed by atoms with Crippen LogP contribution in [-0.2, 0) is 0 Å². The topological polar surface area (TPSA) is 38.0 Å². The normalized spacial score (nSPS) is 11.0. The van der Waals surface area contributed by atoms with Crippen LogP contribution in [0.5, 0.6) is 0 Å². The number of halogens is 1. The van der Waals surface area contributed by atoms with Crippen LogP contribution in [0.25, 0.3) is 93.2 Å². The van der Waals surface area contributed by atoms with Crippen molar-refractivity contribution in [1.29, 1.82) is 5.26 Å². The Morgan fingerprint density at radius 2 is 0.852 bits per heavy atom. The molecule has 0 radical (unpaired) electrons. The summed E-state index contributed by atoms with van der Waals surface area (Å²) in [6.07, 6.45) is 0. The Morgan fingerprint density at radius 1 is 0.410 bits per heavy atom. The van der Waals surface area contributed by atoms with Gasteiger partial charge in [0.1, 0.15) is 0 Å². The van der Waals surface area contributed by atoms with E-state index < -0.39 is 0 Å². The molecule has 0 saturated heterocycles. The van der Waals surface area contributed by atoms with Crippen LogP contribution in [0.4, 0.5) is 5.69 Å². The Hall–Kier alpha value is -7.96. The van der Waals surface area contributed by atoms with E-state index in [2.05, 4.69) is 176 Å². The summed E-state index contributed by atoms with van der Waals surface area (Å²) in [5, 5.41) is 13.7. The fourth-order valence-electron chi connectivity index (χ4n) is 8.35. The highest BCUT2D eigenvalue weighted by Crippen LogP contribution is 2.38. The lowest BCUT2D eigenvalue weighted by Gasteiger charge is -2.11. The molecule has 61 heavy (non-hydrogen) atoms. The molecule has 11 aromatic rings. The summed E-state index contributed by atoms with van der Waals surface area (Å²) >= 11 is 3.40. The Balaban J connectivity index is 0.000000273. The Labute approximate surface area is 365 Å². The Morgan fingerprint density at radius 3 is 1.48 bits per heavy atom. The van der Waals surface area contributed by atoms with Crippen molar-refractivity contribution in [3.8, 4) is 50.8 Å². The number of nitrogens with zero attached hydrogens (tertiary/aromatic N) is 4. The molecule has 9 aromatic carbocycles. The van der Waals surface area contributed by atoms with Crippen LogP contribution < -0.4 is 0 Å². The van der Waals surface area contributed by atoms with Crippen molar-refractivity contribution in [1.82, 2.24) is 9.13 Å². The average Bonchev–Trinajstić information content (AvgIpc) is 3.84. The van der Waals surface area contributed by atoms with E-state index in [9.17, 15) is 0 Å². The fourth-order valence-corrected chi connectivity index (χ4v) is 8.61. The first-order valence-corrected chi connectivity index (χ1v) is 20.8. The molecule has 2 heterocycles. The van der Waals surface area contributed by atoms with Crippen LogP contribution >= 0.6 is 15.9 Å². The molecule has 290 valence electrons. The SMILES string of the molecule is N#Cc1ccc(-c2ccc(Br)cc2)cc1.[C-]#[N+]c1ccc(-c2ccc(-n3c4ccccc4c4ccc(-c5ccc6c(c5)c5ccccc5n6-c5ccccc5)cc43)cc2)cc1.[HH].[HH]. The summed E-state index contributed by atoms with van der Waals surface area (Å²) < 4.78 is 5.80. The van der Waals surface area contributed by atoms with Crippen LogP contribution in [0.1, 0.15) is 8.42 Å². The van der Waals surface area contributed by atoms with E-state index in [0.717, 1.165) is 32.4 Å². The van der Waals surface area contributed by atoms with Gasteiger partial charge in [-0.2, -0.15) is 5.26 Å². The quantitative estimate of drug-likeness (QED) is 0.159. The van der Waals surface area contributed by atoms with Gasteiger partial charge in [0.15, 0.2) is 5.69 Å². The molecule has 11 rings (SSSR count). The summed E-state index contributed by atoms with van der Waals surface area (Å²) in [5.41, 5.74) is 15.3. The molecule has 0 spiro atoms. The van der Waals surface area contributed by atoms with Crippen molar-refractivity contribution < 1.29 is 2.85 Å². The third kappa shape index (κ3) is 7.04. The molecular formula is C56H39BrN4. The van der Waals surface area contributed by atoms with E-state index >= 15 is 0 Å². The highest BCUT2D eigenvalue weighted by Gasteiger charge is 2.16. The minimum absolute atomic E-state index is 0. The van der Waals surface area contributed by atoms with Gasteiger partial charge in [0.25, 0.3) is 0 Å². The molecule has 0 aliphatic rings. The van der Waals surface area contributed by atoms with Crippen molar-refractivity contribution in [3.63, 3.8) is 0 Å². The van der Waals surface area contributed by atoms with Gasteiger partial charge in [0, 0.05) is 40.2 Å². The largest absolute Gasteiger partial charge is 0.309 e. The molecule has 0 unspecified atom stereocenters. The van der Waals surface area contributed by atoms with Crippen LogP contribution in [0.3, 0.4) is 0 Å². The van der Waals surface area contributed by atoms with Crippen molar-refractivity contribution in [3.05, 3.63) is 234 Å². The smallest absolute Gasteiger partial charge is 0.187 e. The minimum atomic E-state index is 0. The van der Waals surface area contributed by atoms with E-state index in [4.69, 9.17) is 11.8 Å². The van der Waals surface area contributed by atoms with E-state index in [1.165, 1.54) is 60.4 Å². The molecule has 0 aliphatic heterocycles. The summed E-state index contributed by atoms with van der Waals surface area (Å²) in [5.74, 6) is 0. The lowest BCUT2D eigenvalue weighted by Crippen LogP contribution is -1.94. The molecule has 4 nitrogen and oxygen atoms in total. The van der Waals surface area contributed by atoms with Crippen LogP contribution in [-0.4, -0.2) is 9.13 Å². The zero-order valence-corrected chi connectivity index (χ0v) is 34.5. The maximum Gasteiger partial charge on any atom is 0.187 e. The molecule has 0 bridgehead atoms. The van der Waals surface area contributed by atoms with Gasteiger partial charge in [-0.05, 0) is 112 Å². The lowest BCUT2D eigenvalue weighted by molar-refractivity contribution is 1.18. The summed E-state index contributed by atoms with van der Waals surface area (Å²) in [6, 6.07) is 76.0. The summed E-state index contributed by atoms with van der Waals surface area (Å²) in [4.78, 5) is 3.53. The van der Waals surface area contributed by atoms with Gasteiger partial charge in [0.05, 0.1) is 40.3 Å². The first-order valence-electron chi connectivity index (χ1n) is 20.0. The molecule has 0 N–H and O–H groups in total. The molecular weight excluding hydrogens is 809 g/mol. The molecule has 0 saturated carbocycles. The van der Waals surface area contributed by atoms with Gasteiger partial charge in [-0.1, -0.05) is 149 Å². The van der Waals surface area contributed by atoms with Crippen molar-refractivity contribution in [2.24, 2.45) is 0 Å². The van der Waals surface area contributed by atoms with Crippen molar-refractivity contribution >= 4 is 65.2 Å². The van der Waals surface area contributed by atoms with Gasteiger partial charge < -0.3 is 9.13 Å². The summed E-state index contributed by atoms with van der Waals surface area (Å²) in [6.45, 7) is 7.25. The Kier molecular flexibility index (Phi) is 9.79. The molecule has 0 aliphatic carbocycles. The van der Waals surface area contributed by atoms with Gasteiger partial charge in [-0.3, -0.25) is 0 Å². The molecule has 2 aromatic heterocycles. The third-order valence-electron chi connectivity index (χ3n) is 11.3. The third-order valence-corrected chi connectivity index (χ3v) is 11.9. The highest BCUT2D eigenvalue weighted by atomic mass is 79.9. The second-order valence-electron chi connectivity index (χ2n) is 14.9. The monoisotopic (exact) mass is 846 g/mol. The predicted octanol–water partition coefficient (Wildman–Crippen LogP) is 16.2. The minimum Gasteiger partial charge on any atom is -0.309 e. The molecule has 0 amide bonds. The molecule has 0 fully saturated rings. The zero-order chi connectivity index (χ0) is 41.3. The van der Waals surface area contributed by atoms with Crippen molar-refractivity contribution in [2.45, 2.75) is 0 Å². The fraction of sp³-hybridized carbons (Fsp3) is 0. The number of hydrogen-bond acceptors (Lipinski definition) is 1. The van der Waals surface area contributed by atoms with E-state index in [1.54, 1.807) is 0 Å². The summed E-state index contributed by atoms with van der Waals surface area (Å²) in [7, 11) is 0. The van der Waals surface area contributed by atoms with Crippen LogP contribution in [0.2, 0.25) is 0 Å². The van der Waals surface area contributed by atoms with E-state index in [1.807, 2.05) is 72.8 Å². The second kappa shape index (κ2) is 16.0. The number of fused-ring (bicyclic) bond motifs is 6. The Bertz CT molecular complexity index is 3470.